The highest BCUT2D eigenvalue weighted by Gasteiger charge is 2.51. The van der Waals surface area contributed by atoms with Crippen LogP contribution in [0.15, 0.2) is 0 Å². The van der Waals surface area contributed by atoms with E-state index in [0.717, 1.165) is 6.42 Å². The normalized spacial score (nSPS) is 53.4. The first-order valence-corrected chi connectivity index (χ1v) is 4.32. The van der Waals surface area contributed by atoms with Gasteiger partial charge in [0.1, 0.15) is 0 Å². The van der Waals surface area contributed by atoms with Gasteiger partial charge in [0, 0.05) is 11.5 Å². The number of rotatable bonds is 2. The van der Waals surface area contributed by atoms with Gasteiger partial charge in [-0.15, -0.1) is 0 Å². The second-order valence-electron chi connectivity index (χ2n) is 4.37. The summed E-state index contributed by atoms with van der Waals surface area (Å²) in [6.07, 6.45) is 3.50. The van der Waals surface area contributed by atoms with Crippen molar-refractivity contribution in [3.8, 4) is 6.07 Å². The molecule has 4 unspecified atom stereocenters. The quantitative estimate of drug-likeness (QED) is 0.644. The topological polar surface area (TPSA) is 49.8 Å². The first kappa shape index (κ1) is 7.12. The predicted molar refractivity (Wildman–Crippen MR) is 42.5 cm³/mol. The summed E-state index contributed by atoms with van der Waals surface area (Å²) in [5.74, 6) is 1.77. The fourth-order valence-corrected chi connectivity index (χ4v) is 1.86. The van der Waals surface area contributed by atoms with Crippen molar-refractivity contribution in [2.45, 2.75) is 31.7 Å². The van der Waals surface area contributed by atoms with Crippen LogP contribution in [-0.4, -0.2) is 5.54 Å². The largest absolute Gasteiger partial charge is 0.325 e. The fraction of sp³-hybridized carbons (Fsp3) is 0.889. The van der Waals surface area contributed by atoms with Crippen molar-refractivity contribution in [2.24, 2.45) is 23.5 Å². The summed E-state index contributed by atoms with van der Waals surface area (Å²) < 4.78 is 0. The molecule has 2 saturated carbocycles. The molecule has 0 spiro atoms. The molecule has 4 atom stereocenters. The second kappa shape index (κ2) is 1.98. The van der Waals surface area contributed by atoms with Gasteiger partial charge in [-0.25, -0.2) is 0 Å². The van der Waals surface area contributed by atoms with Crippen molar-refractivity contribution in [1.82, 2.24) is 0 Å². The molecule has 0 aliphatic heterocycles. The molecule has 2 heteroatoms. The van der Waals surface area contributed by atoms with Crippen LogP contribution < -0.4 is 5.73 Å². The first-order valence-electron chi connectivity index (χ1n) is 4.32. The van der Waals surface area contributed by atoms with Crippen molar-refractivity contribution < 1.29 is 0 Å². The molecular weight excluding hydrogens is 136 g/mol. The molecule has 0 amide bonds. The Hall–Kier alpha value is -0.550. The smallest absolute Gasteiger partial charge is 0.0658 e. The van der Waals surface area contributed by atoms with Gasteiger partial charge in [0.05, 0.1) is 6.07 Å². The number of nitrogens with zero attached hydrogens (tertiary/aromatic N) is 1. The second-order valence-corrected chi connectivity index (χ2v) is 4.37. The SMILES string of the molecule is CC1(N)CC1CC1CC1C#N. The lowest BCUT2D eigenvalue weighted by Crippen LogP contribution is -2.19. The Balaban J connectivity index is 1.75. The number of nitrogens with two attached hydrogens (primary N) is 1. The Morgan fingerprint density at radius 1 is 1.73 bits per heavy atom. The Kier molecular flexibility index (Phi) is 1.28. The van der Waals surface area contributed by atoms with E-state index in [1.807, 2.05) is 0 Å². The lowest BCUT2D eigenvalue weighted by atomic mass is 10.1. The van der Waals surface area contributed by atoms with E-state index in [-0.39, 0.29) is 5.54 Å². The Morgan fingerprint density at radius 2 is 2.36 bits per heavy atom. The summed E-state index contributed by atoms with van der Waals surface area (Å²) in [4.78, 5) is 0. The van der Waals surface area contributed by atoms with Gasteiger partial charge in [0.25, 0.3) is 0 Å². The highest BCUT2D eigenvalue weighted by molar-refractivity contribution is 5.09. The zero-order chi connectivity index (χ0) is 8.06. The molecule has 2 aliphatic carbocycles. The molecule has 2 fully saturated rings. The van der Waals surface area contributed by atoms with Crippen LogP contribution >= 0.6 is 0 Å². The van der Waals surface area contributed by atoms with E-state index in [0.29, 0.717) is 17.8 Å². The lowest BCUT2D eigenvalue weighted by molar-refractivity contribution is 0.558. The third-order valence-corrected chi connectivity index (χ3v) is 3.13. The molecule has 0 radical (unpaired) electrons. The highest BCUT2D eigenvalue weighted by atomic mass is 14.8. The van der Waals surface area contributed by atoms with Crippen LogP contribution in [-0.2, 0) is 0 Å². The van der Waals surface area contributed by atoms with Gasteiger partial charge < -0.3 is 5.73 Å². The predicted octanol–water partition coefficient (Wildman–Crippen LogP) is 1.27. The molecule has 0 aromatic rings. The number of nitriles is 1. The molecule has 60 valence electrons. The summed E-state index contributed by atoms with van der Waals surface area (Å²) in [6, 6.07) is 2.31. The minimum absolute atomic E-state index is 0.114. The summed E-state index contributed by atoms with van der Waals surface area (Å²) in [6.45, 7) is 2.11. The maximum atomic E-state index is 8.56. The van der Waals surface area contributed by atoms with E-state index in [1.165, 1.54) is 12.8 Å². The maximum absolute atomic E-state index is 8.56. The molecular formula is C9H14N2. The van der Waals surface area contributed by atoms with Gasteiger partial charge in [-0.05, 0) is 38.0 Å². The van der Waals surface area contributed by atoms with Crippen LogP contribution in [0.2, 0.25) is 0 Å². The van der Waals surface area contributed by atoms with Crippen LogP contribution in [0, 0.1) is 29.1 Å². The average Bonchev–Trinajstić information content (AvgIpc) is 2.76. The van der Waals surface area contributed by atoms with Gasteiger partial charge in [-0.2, -0.15) is 5.26 Å². The van der Waals surface area contributed by atoms with Gasteiger partial charge in [-0.3, -0.25) is 0 Å². The van der Waals surface area contributed by atoms with Crippen LogP contribution in [0.5, 0.6) is 0 Å². The van der Waals surface area contributed by atoms with Gasteiger partial charge in [0.2, 0.25) is 0 Å². The first-order chi connectivity index (χ1) is 5.13. The molecule has 2 rings (SSSR count). The number of hydrogen-bond acceptors (Lipinski definition) is 2. The van der Waals surface area contributed by atoms with Crippen molar-refractivity contribution in [1.29, 1.82) is 5.26 Å². The highest BCUT2D eigenvalue weighted by Crippen LogP contribution is 2.52. The minimum Gasteiger partial charge on any atom is -0.325 e. The van der Waals surface area contributed by atoms with E-state index in [1.54, 1.807) is 0 Å². The molecule has 0 bridgehead atoms. The van der Waals surface area contributed by atoms with Crippen LogP contribution in [0.25, 0.3) is 0 Å². The van der Waals surface area contributed by atoms with Crippen LogP contribution in [0.3, 0.4) is 0 Å². The summed E-state index contributed by atoms with van der Waals surface area (Å²) >= 11 is 0. The zero-order valence-electron chi connectivity index (χ0n) is 6.88. The standard InChI is InChI=1S/C9H14N2/c1-9(11)4-8(9)3-6-2-7(6)5-10/h6-8H,2-4,11H2,1H3. The minimum atomic E-state index is 0.114. The zero-order valence-corrected chi connectivity index (χ0v) is 6.88. The summed E-state index contributed by atoms with van der Waals surface area (Å²) in [5, 5.41) is 8.56. The van der Waals surface area contributed by atoms with Gasteiger partial charge >= 0.3 is 0 Å². The van der Waals surface area contributed by atoms with E-state index in [9.17, 15) is 0 Å². The molecule has 0 aromatic heterocycles. The Bertz CT molecular complexity index is 214. The van der Waals surface area contributed by atoms with Crippen molar-refractivity contribution in [3.63, 3.8) is 0 Å². The summed E-state index contributed by atoms with van der Waals surface area (Å²) in [7, 11) is 0. The van der Waals surface area contributed by atoms with E-state index < -0.39 is 0 Å². The summed E-state index contributed by atoms with van der Waals surface area (Å²) in [5.41, 5.74) is 6.00. The molecule has 2 nitrogen and oxygen atoms in total. The van der Waals surface area contributed by atoms with Crippen LogP contribution in [0.1, 0.15) is 26.2 Å². The third kappa shape index (κ3) is 1.25. The van der Waals surface area contributed by atoms with Crippen LogP contribution in [0.4, 0.5) is 0 Å². The molecule has 11 heavy (non-hydrogen) atoms. The lowest BCUT2D eigenvalue weighted by Gasteiger charge is -2.00. The fourth-order valence-electron chi connectivity index (χ4n) is 1.86. The number of hydrogen-bond donors (Lipinski definition) is 1. The molecule has 0 saturated heterocycles. The Morgan fingerprint density at radius 3 is 2.73 bits per heavy atom. The maximum Gasteiger partial charge on any atom is 0.0658 e. The van der Waals surface area contributed by atoms with Crippen molar-refractivity contribution >= 4 is 0 Å². The van der Waals surface area contributed by atoms with E-state index in [4.69, 9.17) is 11.0 Å². The van der Waals surface area contributed by atoms with Gasteiger partial charge in [-0.1, -0.05) is 0 Å². The molecule has 0 heterocycles. The Labute approximate surface area is 67.4 Å². The monoisotopic (exact) mass is 150 g/mol. The molecule has 2 N–H and O–H groups in total. The third-order valence-electron chi connectivity index (χ3n) is 3.13. The van der Waals surface area contributed by atoms with Crippen molar-refractivity contribution in [2.75, 3.05) is 0 Å². The van der Waals surface area contributed by atoms with E-state index >= 15 is 0 Å². The van der Waals surface area contributed by atoms with E-state index in [2.05, 4.69) is 13.0 Å². The average molecular weight is 150 g/mol. The molecule has 0 aromatic carbocycles. The molecule has 2 aliphatic rings. The van der Waals surface area contributed by atoms with Crippen molar-refractivity contribution in [3.05, 3.63) is 0 Å². The van der Waals surface area contributed by atoms with Gasteiger partial charge in [0.15, 0.2) is 0 Å².